The molecule has 0 amide bonds. The van der Waals surface area contributed by atoms with Crippen LogP contribution in [0.4, 0.5) is 34.9 Å². The van der Waals surface area contributed by atoms with E-state index < -0.39 is 25.2 Å². The zero-order chi connectivity index (χ0) is 31.8. The first-order valence-corrected chi connectivity index (χ1v) is 11.7. The number of esters is 2. The molecule has 4 aromatic heterocycles. The molecule has 0 fully saturated rings. The number of halogens is 5. The fourth-order valence-electron chi connectivity index (χ4n) is 2.49. The number of anilines is 3. The Morgan fingerprint density at radius 3 is 1.77 bits per heavy atom. The number of pyridine rings is 2. The van der Waals surface area contributed by atoms with Crippen molar-refractivity contribution in [2.75, 3.05) is 25.3 Å². The van der Waals surface area contributed by atoms with Crippen molar-refractivity contribution in [3.63, 3.8) is 0 Å². The number of carbonyl (C=O) groups excluding carboxylic acids is 2. The lowest BCUT2D eigenvalue weighted by Crippen LogP contribution is -2.07. The lowest BCUT2D eigenvalue weighted by Gasteiger charge is -2.07. The molecule has 0 aromatic carbocycles. The van der Waals surface area contributed by atoms with Crippen LogP contribution in [0.2, 0.25) is 5.28 Å². The summed E-state index contributed by atoms with van der Waals surface area (Å²) in [6.07, 6.45) is 5.29. The first-order valence-electron chi connectivity index (χ1n) is 11.3. The van der Waals surface area contributed by atoms with E-state index in [-0.39, 0.29) is 34.4 Å². The van der Waals surface area contributed by atoms with Gasteiger partial charge >= 0.3 is 25.2 Å². The number of methoxy groups -OCH3 is 2. The molecular weight excluding hydrogens is 608 g/mol. The smallest absolute Gasteiger partial charge is 0.388 e. The predicted molar refractivity (Wildman–Crippen MR) is 141 cm³/mol. The molecule has 0 radical (unpaired) electrons. The summed E-state index contributed by atoms with van der Waals surface area (Å²) in [6, 6.07) is 8.26. The summed E-state index contributed by atoms with van der Waals surface area (Å²) >= 11 is 5.42. The molecule has 0 saturated heterocycles. The van der Waals surface area contributed by atoms with Crippen molar-refractivity contribution in [2.24, 2.45) is 0 Å². The highest BCUT2D eigenvalue weighted by molar-refractivity contribution is 6.28. The van der Waals surface area contributed by atoms with Gasteiger partial charge in [0.1, 0.15) is 0 Å². The normalized spacial score (nSPS) is 9.98. The molecule has 4 rings (SSSR count). The van der Waals surface area contributed by atoms with Crippen LogP contribution in [0.1, 0.15) is 21.0 Å². The van der Waals surface area contributed by atoms with Gasteiger partial charge < -0.3 is 30.0 Å². The van der Waals surface area contributed by atoms with E-state index >= 15 is 0 Å². The summed E-state index contributed by atoms with van der Waals surface area (Å²) in [5, 5.41) is 2.80. The molecule has 14 nitrogen and oxygen atoms in total. The molecule has 0 spiro atoms. The summed E-state index contributed by atoms with van der Waals surface area (Å²) in [7, 11) is 2.52. The Hall–Kier alpha value is -5.39. The molecule has 0 atom stereocenters. The highest BCUT2D eigenvalue weighted by Gasteiger charge is 2.10. The van der Waals surface area contributed by atoms with E-state index in [9.17, 15) is 27.2 Å². The standard InChI is InChI=1S/C12H10F2N4O3.C6H5ClN2O2.C6H6F2N2O/c1-20-10(19)8-4-5-15-12(18-8)17-7-2-3-9(16-6-7)21-11(13)14;1-11-5(10)4-2-3-8-6(7)9-4;7-6(8)11-5-2-1-4(9)3-10-5/h2-6,11H,1H3,(H,15,17,18);2-3H,1H3;1-3,6H,9H2. The van der Waals surface area contributed by atoms with E-state index in [0.29, 0.717) is 11.4 Å². The minimum absolute atomic E-state index is 0.0351. The molecule has 4 heterocycles. The Morgan fingerprint density at radius 2 is 1.30 bits per heavy atom. The molecule has 228 valence electrons. The van der Waals surface area contributed by atoms with Crippen molar-refractivity contribution in [2.45, 2.75) is 13.2 Å². The van der Waals surface area contributed by atoms with Gasteiger partial charge in [0, 0.05) is 24.5 Å². The molecule has 0 saturated carbocycles. The van der Waals surface area contributed by atoms with Gasteiger partial charge in [-0.3, -0.25) is 0 Å². The van der Waals surface area contributed by atoms with Crippen LogP contribution in [0, 0.1) is 0 Å². The van der Waals surface area contributed by atoms with Crippen LogP contribution in [0.5, 0.6) is 11.8 Å². The van der Waals surface area contributed by atoms with Crippen LogP contribution in [0.25, 0.3) is 0 Å². The number of aromatic nitrogens is 6. The number of hydrogen-bond donors (Lipinski definition) is 2. The number of carbonyl (C=O) groups is 2. The predicted octanol–water partition coefficient (Wildman–Crippen LogP) is 4.19. The molecule has 3 N–H and O–H groups in total. The van der Waals surface area contributed by atoms with Crippen molar-refractivity contribution < 1.29 is 46.1 Å². The maximum absolute atomic E-state index is 12.0. The van der Waals surface area contributed by atoms with Gasteiger partial charge in [0.25, 0.3) is 0 Å². The lowest BCUT2D eigenvalue weighted by molar-refractivity contribution is -0.0535. The Labute approximate surface area is 245 Å². The van der Waals surface area contributed by atoms with Crippen LogP contribution in [-0.4, -0.2) is 69.3 Å². The van der Waals surface area contributed by atoms with E-state index in [4.69, 9.17) is 17.3 Å². The number of alkyl halides is 4. The molecule has 0 aliphatic rings. The largest absolute Gasteiger partial charge is 0.464 e. The number of ether oxygens (including phenoxy) is 4. The second kappa shape index (κ2) is 17.4. The van der Waals surface area contributed by atoms with Gasteiger partial charge in [0.15, 0.2) is 11.4 Å². The Morgan fingerprint density at radius 1 is 0.767 bits per heavy atom. The van der Waals surface area contributed by atoms with E-state index in [1.165, 1.54) is 75.4 Å². The molecule has 43 heavy (non-hydrogen) atoms. The van der Waals surface area contributed by atoms with Crippen molar-refractivity contribution >= 4 is 40.9 Å². The second-order valence-electron chi connectivity index (χ2n) is 7.16. The third-order valence-corrected chi connectivity index (χ3v) is 4.42. The topological polar surface area (TPSA) is 186 Å². The highest BCUT2D eigenvalue weighted by atomic mass is 35.5. The minimum Gasteiger partial charge on any atom is -0.464 e. The number of nitrogen functional groups attached to an aromatic ring is 1. The van der Waals surface area contributed by atoms with E-state index in [1.807, 2.05) is 0 Å². The van der Waals surface area contributed by atoms with Gasteiger partial charge in [-0.25, -0.2) is 39.5 Å². The molecule has 0 aliphatic heterocycles. The van der Waals surface area contributed by atoms with Crippen molar-refractivity contribution in [1.82, 2.24) is 29.9 Å². The van der Waals surface area contributed by atoms with Crippen LogP contribution in [0.15, 0.2) is 61.2 Å². The van der Waals surface area contributed by atoms with E-state index in [1.54, 1.807) is 0 Å². The first-order chi connectivity index (χ1) is 20.5. The molecule has 4 aromatic rings. The number of rotatable bonds is 8. The third-order valence-electron chi connectivity index (χ3n) is 4.24. The van der Waals surface area contributed by atoms with Gasteiger partial charge in [-0.2, -0.15) is 17.6 Å². The summed E-state index contributed by atoms with van der Waals surface area (Å²) in [5.74, 6) is -1.32. The quantitative estimate of drug-likeness (QED) is 0.161. The van der Waals surface area contributed by atoms with Gasteiger partial charge in [0.05, 0.1) is 38.0 Å². The van der Waals surface area contributed by atoms with Gasteiger partial charge in [-0.15, -0.1) is 0 Å². The average molecular weight is 629 g/mol. The van der Waals surface area contributed by atoms with E-state index in [2.05, 4.69) is 54.2 Å². The second-order valence-corrected chi connectivity index (χ2v) is 7.49. The van der Waals surface area contributed by atoms with Crippen LogP contribution < -0.4 is 20.5 Å². The summed E-state index contributed by atoms with van der Waals surface area (Å²) in [4.78, 5) is 44.4. The monoisotopic (exact) mass is 628 g/mol. The average Bonchev–Trinajstić information content (AvgIpc) is 2.99. The Kier molecular flexibility index (Phi) is 13.7. The Balaban J connectivity index is 0.000000247. The number of nitrogens with zero attached hydrogens (tertiary/aromatic N) is 6. The molecule has 0 bridgehead atoms. The fourth-order valence-corrected chi connectivity index (χ4v) is 2.63. The summed E-state index contributed by atoms with van der Waals surface area (Å²) < 4.78 is 64.0. The molecule has 0 aliphatic carbocycles. The minimum atomic E-state index is -2.93. The Bertz CT molecular complexity index is 1460. The number of hydrogen-bond acceptors (Lipinski definition) is 14. The summed E-state index contributed by atoms with van der Waals surface area (Å²) in [6.45, 7) is -5.78. The SMILES string of the molecule is COC(=O)c1ccnc(Cl)n1.COC(=O)c1ccnc(Nc2ccc(OC(F)F)nc2)n1.Nc1ccc(OC(F)F)nc1. The third kappa shape index (κ3) is 12.8. The van der Waals surface area contributed by atoms with Crippen molar-refractivity contribution in [3.8, 4) is 11.8 Å². The first kappa shape index (κ1) is 33.8. The molecular formula is C24H21ClF4N8O6. The molecule has 19 heteroatoms. The van der Waals surface area contributed by atoms with Crippen LogP contribution in [0.3, 0.4) is 0 Å². The fraction of sp³-hybridized carbons (Fsp3) is 0.167. The lowest BCUT2D eigenvalue weighted by atomic mass is 10.4. The number of nitrogens with two attached hydrogens (primary N) is 1. The van der Waals surface area contributed by atoms with E-state index in [0.717, 1.165) is 0 Å². The number of nitrogens with one attached hydrogen (secondary N) is 1. The van der Waals surface area contributed by atoms with Crippen molar-refractivity contribution in [3.05, 3.63) is 77.9 Å². The zero-order valence-corrected chi connectivity index (χ0v) is 22.8. The summed E-state index contributed by atoms with van der Waals surface area (Å²) in [5.41, 5.74) is 6.35. The zero-order valence-electron chi connectivity index (χ0n) is 22.0. The highest BCUT2D eigenvalue weighted by Crippen LogP contribution is 2.16. The van der Waals surface area contributed by atoms with Crippen LogP contribution in [-0.2, 0) is 9.47 Å². The van der Waals surface area contributed by atoms with Crippen molar-refractivity contribution in [1.29, 1.82) is 0 Å². The molecule has 0 unspecified atom stereocenters. The van der Waals surface area contributed by atoms with Gasteiger partial charge in [-0.1, -0.05) is 0 Å². The van der Waals surface area contributed by atoms with Gasteiger partial charge in [-0.05, 0) is 35.9 Å². The maximum Gasteiger partial charge on any atom is 0.388 e. The maximum atomic E-state index is 12.0. The van der Waals surface area contributed by atoms with Gasteiger partial charge in [0.2, 0.25) is 23.0 Å². The van der Waals surface area contributed by atoms with Crippen LogP contribution >= 0.6 is 11.6 Å².